The summed E-state index contributed by atoms with van der Waals surface area (Å²) in [6.07, 6.45) is 4.13. The van der Waals surface area contributed by atoms with Crippen molar-refractivity contribution in [2.24, 2.45) is 0 Å². The van der Waals surface area contributed by atoms with Crippen LogP contribution in [-0.4, -0.2) is 19.0 Å². The molecule has 108 valence electrons. The molecule has 0 aliphatic carbocycles. The van der Waals surface area contributed by atoms with Crippen LogP contribution in [0.1, 0.15) is 19.2 Å². The lowest BCUT2D eigenvalue weighted by Gasteiger charge is -2.04. The Kier molecular flexibility index (Phi) is 2.38. The summed E-state index contributed by atoms with van der Waals surface area (Å²) in [7, 11) is 0. The smallest absolute Gasteiger partial charge is 0.186 e. The van der Waals surface area contributed by atoms with Gasteiger partial charge in [0.15, 0.2) is 5.65 Å². The Labute approximate surface area is 130 Å². The molecule has 4 aromatic heterocycles. The Hall–Kier alpha value is -2.40. The van der Waals surface area contributed by atoms with Crippen LogP contribution in [0, 0.1) is 0 Å². The summed E-state index contributed by atoms with van der Waals surface area (Å²) in [5, 5.41) is 10.2. The van der Waals surface area contributed by atoms with Gasteiger partial charge in [-0.3, -0.25) is 4.40 Å². The summed E-state index contributed by atoms with van der Waals surface area (Å²) in [4.78, 5) is 1.23. The largest absolute Gasteiger partial charge is 0.310 e. The van der Waals surface area contributed by atoms with Gasteiger partial charge in [0, 0.05) is 22.7 Å². The van der Waals surface area contributed by atoms with Crippen LogP contribution in [0.3, 0.4) is 0 Å². The first-order valence-corrected chi connectivity index (χ1v) is 8.34. The third-order valence-corrected chi connectivity index (χ3v) is 5.32. The van der Waals surface area contributed by atoms with Crippen molar-refractivity contribution < 1.29 is 0 Å². The van der Waals surface area contributed by atoms with Crippen molar-refractivity contribution in [3.8, 4) is 0 Å². The maximum absolute atomic E-state index is 4.46. The summed E-state index contributed by atoms with van der Waals surface area (Å²) in [6.45, 7) is 2.18. The average Bonchev–Trinajstić information content (AvgIpc) is 3.22. The molecule has 5 aromatic rings. The number of benzene rings is 1. The lowest BCUT2D eigenvalue weighted by Crippen LogP contribution is -1.97. The molecule has 0 spiro atoms. The quantitative estimate of drug-likeness (QED) is 0.487. The minimum Gasteiger partial charge on any atom is -0.310 e. The van der Waals surface area contributed by atoms with E-state index in [9.17, 15) is 0 Å². The lowest BCUT2D eigenvalue weighted by atomic mass is 10.2. The highest BCUT2D eigenvalue weighted by Gasteiger charge is 2.17. The standard InChI is InChI=1S/C17H14N4S/c1-2-6-14-18-19-16-12-8-5-10-20(12)15-11-7-3-4-9-13(11)22-17(15)21(14)16/h3-5,7-10H,2,6H2,1H3. The zero-order valence-electron chi connectivity index (χ0n) is 12.2. The highest BCUT2D eigenvalue weighted by molar-refractivity contribution is 7.25. The van der Waals surface area contributed by atoms with Crippen molar-refractivity contribution in [2.75, 3.05) is 0 Å². The van der Waals surface area contributed by atoms with Crippen molar-refractivity contribution >= 4 is 42.9 Å². The predicted octanol–water partition coefficient (Wildman–Crippen LogP) is 4.30. The fourth-order valence-electron chi connectivity index (χ4n) is 3.24. The fraction of sp³-hybridized carbons (Fsp3) is 0.176. The molecular formula is C17H14N4S. The van der Waals surface area contributed by atoms with Crippen molar-refractivity contribution in [1.29, 1.82) is 0 Å². The molecule has 0 N–H and O–H groups in total. The molecule has 0 fully saturated rings. The third kappa shape index (κ3) is 1.41. The normalized spacial score (nSPS) is 12.2. The Balaban J connectivity index is 2.13. The van der Waals surface area contributed by atoms with Crippen LogP contribution >= 0.6 is 11.3 Å². The minimum atomic E-state index is 0.946. The zero-order valence-corrected chi connectivity index (χ0v) is 13.0. The van der Waals surface area contributed by atoms with E-state index >= 15 is 0 Å². The van der Waals surface area contributed by atoms with Gasteiger partial charge in [0.2, 0.25) is 0 Å². The number of rotatable bonds is 2. The van der Waals surface area contributed by atoms with E-state index in [1.807, 2.05) is 11.3 Å². The molecule has 0 radical (unpaired) electrons. The first-order chi connectivity index (χ1) is 10.9. The molecule has 0 atom stereocenters. The molecule has 0 aliphatic rings. The van der Waals surface area contributed by atoms with Gasteiger partial charge in [0.25, 0.3) is 0 Å². The molecule has 5 rings (SSSR count). The second-order valence-corrected chi connectivity index (χ2v) is 6.57. The van der Waals surface area contributed by atoms with E-state index < -0.39 is 0 Å². The van der Waals surface area contributed by atoms with Crippen molar-refractivity contribution in [1.82, 2.24) is 19.0 Å². The van der Waals surface area contributed by atoms with Gasteiger partial charge in [-0.1, -0.05) is 25.1 Å². The molecular weight excluding hydrogens is 292 g/mol. The van der Waals surface area contributed by atoms with Gasteiger partial charge in [-0.25, -0.2) is 0 Å². The molecule has 22 heavy (non-hydrogen) atoms. The number of aryl methyl sites for hydroxylation is 1. The van der Waals surface area contributed by atoms with Gasteiger partial charge in [0.1, 0.15) is 10.7 Å². The first-order valence-electron chi connectivity index (χ1n) is 7.53. The number of nitrogens with zero attached hydrogens (tertiary/aromatic N) is 4. The van der Waals surface area contributed by atoms with Crippen LogP contribution in [0.4, 0.5) is 0 Å². The van der Waals surface area contributed by atoms with Gasteiger partial charge < -0.3 is 4.40 Å². The van der Waals surface area contributed by atoms with Crippen LogP contribution in [0.25, 0.3) is 31.6 Å². The Morgan fingerprint density at radius 2 is 2.00 bits per heavy atom. The maximum atomic E-state index is 4.46. The first kappa shape index (κ1) is 12.2. The van der Waals surface area contributed by atoms with Gasteiger partial charge >= 0.3 is 0 Å². The molecule has 1 aromatic carbocycles. The topological polar surface area (TPSA) is 34.6 Å². The van der Waals surface area contributed by atoms with Crippen LogP contribution < -0.4 is 0 Å². The molecule has 4 heterocycles. The van der Waals surface area contributed by atoms with E-state index in [1.54, 1.807) is 0 Å². The van der Waals surface area contributed by atoms with E-state index in [2.05, 4.69) is 68.5 Å². The van der Waals surface area contributed by atoms with Crippen LogP contribution in [0.15, 0.2) is 42.6 Å². The third-order valence-electron chi connectivity index (χ3n) is 4.18. The lowest BCUT2D eigenvalue weighted by molar-refractivity contribution is 0.826. The molecule has 0 aliphatic heterocycles. The van der Waals surface area contributed by atoms with E-state index in [4.69, 9.17) is 0 Å². The zero-order chi connectivity index (χ0) is 14.7. The predicted molar refractivity (Wildman–Crippen MR) is 90.8 cm³/mol. The number of hydrogen-bond acceptors (Lipinski definition) is 3. The van der Waals surface area contributed by atoms with Gasteiger partial charge in [0.05, 0.1) is 11.0 Å². The molecule has 0 saturated carbocycles. The molecule has 0 bridgehead atoms. The number of fused-ring (bicyclic) bond motifs is 8. The van der Waals surface area contributed by atoms with Crippen molar-refractivity contribution in [3.63, 3.8) is 0 Å². The van der Waals surface area contributed by atoms with E-state index in [-0.39, 0.29) is 0 Å². The SMILES string of the molecule is CCCc1nnc2c3cccn3c3c4ccccc4sc3n12. The Bertz CT molecular complexity index is 1150. The number of thiophene rings is 1. The molecule has 0 unspecified atom stereocenters. The van der Waals surface area contributed by atoms with E-state index in [1.165, 1.54) is 20.4 Å². The number of hydrogen-bond donors (Lipinski definition) is 0. The second-order valence-electron chi connectivity index (χ2n) is 5.54. The summed E-state index contributed by atoms with van der Waals surface area (Å²) in [5.74, 6) is 1.05. The van der Waals surface area contributed by atoms with Gasteiger partial charge in [-0.05, 0) is 24.6 Å². The highest BCUT2D eigenvalue weighted by atomic mass is 32.1. The van der Waals surface area contributed by atoms with E-state index in [0.717, 1.165) is 29.8 Å². The van der Waals surface area contributed by atoms with Crippen LogP contribution in [0.5, 0.6) is 0 Å². The summed E-state index contributed by atoms with van der Waals surface area (Å²) >= 11 is 1.82. The Morgan fingerprint density at radius 1 is 1.09 bits per heavy atom. The molecule has 5 heteroatoms. The maximum Gasteiger partial charge on any atom is 0.186 e. The Morgan fingerprint density at radius 3 is 2.91 bits per heavy atom. The van der Waals surface area contributed by atoms with Crippen molar-refractivity contribution in [3.05, 3.63) is 48.4 Å². The summed E-state index contributed by atoms with van der Waals surface area (Å²) < 4.78 is 5.79. The number of aromatic nitrogens is 4. The van der Waals surface area contributed by atoms with Gasteiger partial charge in [-0.2, -0.15) is 0 Å². The summed E-state index contributed by atoms with van der Waals surface area (Å²) in [6, 6.07) is 12.8. The van der Waals surface area contributed by atoms with Gasteiger partial charge in [-0.15, -0.1) is 21.5 Å². The monoisotopic (exact) mass is 306 g/mol. The highest BCUT2D eigenvalue weighted by Crippen LogP contribution is 2.36. The molecule has 4 nitrogen and oxygen atoms in total. The molecule has 0 amide bonds. The molecule has 0 saturated heterocycles. The second kappa shape index (κ2) is 4.30. The van der Waals surface area contributed by atoms with E-state index in [0.29, 0.717) is 0 Å². The minimum absolute atomic E-state index is 0.946. The van der Waals surface area contributed by atoms with Crippen LogP contribution in [0.2, 0.25) is 0 Å². The fourth-order valence-corrected chi connectivity index (χ4v) is 4.46. The average molecular weight is 306 g/mol. The van der Waals surface area contributed by atoms with Crippen molar-refractivity contribution in [2.45, 2.75) is 19.8 Å². The van der Waals surface area contributed by atoms with Crippen LogP contribution in [-0.2, 0) is 6.42 Å². The summed E-state index contributed by atoms with van der Waals surface area (Å²) in [5.41, 5.74) is 3.32.